The lowest BCUT2D eigenvalue weighted by Gasteiger charge is -2.27. The van der Waals surface area contributed by atoms with Crippen LogP contribution in [0.25, 0.3) is 0 Å². The van der Waals surface area contributed by atoms with Gasteiger partial charge < -0.3 is 14.2 Å². The maximum atomic E-state index is 13.0. The van der Waals surface area contributed by atoms with Gasteiger partial charge >= 0.3 is 21.3 Å². The minimum absolute atomic E-state index is 0.108. The molecule has 0 aromatic carbocycles. The van der Waals surface area contributed by atoms with Crippen LogP contribution in [0.3, 0.4) is 0 Å². The number of halogens is 2. The van der Waals surface area contributed by atoms with Crippen LogP contribution in [-0.4, -0.2) is 49.3 Å². The van der Waals surface area contributed by atoms with E-state index in [0.29, 0.717) is 0 Å². The maximum absolute atomic E-state index is 13.0. The van der Waals surface area contributed by atoms with Crippen LogP contribution in [0.4, 0.5) is 8.78 Å². The number of hydrogen-bond donors (Lipinski definition) is 1. The Kier molecular flexibility index (Phi) is 3.70. The van der Waals surface area contributed by atoms with Crippen LogP contribution >= 0.6 is 0 Å². The SMILES string of the molecule is O=C(OCC(F)(F)S(=O)(=O)O)C1COC(C2CC2)(C2CC2)O1. The second kappa shape index (κ2) is 5.08. The van der Waals surface area contributed by atoms with Gasteiger partial charge in [-0.2, -0.15) is 17.2 Å². The van der Waals surface area contributed by atoms with E-state index < -0.39 is 39.8 Å². The van der Waals surface area contributed by atoms with E-state index >= 15 is 0 Å². The highest BCUT2D eigenvalue weighted by Crippen LogP contribution is 2.57. The van der Waals surface area contributed by atoms with E-state index in [9.17, 15) is 22.0 Å². The van der Waals surface area contributed by atoms with E-state index in [1.165, 1.54) is 0 Å². The summed E-state index contributed by atoms with van der Waals surface area (Å²) < 4.78 is 70.8. The summed E-state index contributed by atoms with van der Waals surface area (Å²) in [7, 11) is -5.63. The van der Waals surface area contributed by atoms with Crippen molar-refractivity contribution in [3.63, 3.8) is 0 Å². The second-order valence-electron chi connectivity index (χ2n) is 5.91. The van der Waals surface area contributed by atoms with Gasteiger partial charge in [-0.1, -0.05) is 0 Å². The quantitative estimate of drug-likeness (QED) is 0.566. The van der Waals surface area contributed by atoms with Crippen molar-refractivity contribution in [2.24, 2.45) is 11.8 Å². The minimum Gasteiger partial charge on any atom is -0.456 e. The van der Waals surface area contributed by atoms with Gasteiger partial charge in [-0.3, -0.25) is 4.55 Å². The Hall–Kier alpha value is -0.840. The van der Waals surface area contributed by atoms with Gasteiger partial charge in [-0.25, -0.2) is 4.79 Å². The van der Waals surface area contributed by atoms with Crippen molar-refractivity contribution in [1.29, 1.82) is 0 Å². The number of alkyl halides is 2. The van der Waals surface area contributed by atoms with Gasteiger partial charge in [0, 0.05) is 11.8 Å². The summed E-state index contributed by atoms with van der Waals surface area (Å²) in [6, 6.07) is 0. The molecule has 0 bridgehead atoms. The molecule has 2 saturated carbocycles. The largest absolute Gasteiger partial charge is 0.456 e. The van der Waals surface area contributed by atoms with Crippen LogP contribution < -0.4 is 0 Å². The van der Waals surface area contributed by atoms with Crippen molar-refractivity contribution < 1.29 is 40.8 Å². The van der Waals surface area contributed by atoms with E-state index in [1.54, 1.807) is 0 Å². The lowest BCUT2D eigenvalue weighted by Crippen LogP contribution is -2.39. The van der Waals surface area contributed by atoms with Crippen LogP contribution in [0.1, 0.15) is 25.7 Å². The molecule has 1 unspecified atom stereocenters. The van der Waals surface area contributed by atoms with E-state index in [0.717, 1.165) is 25.7 Å². The molecule has 3 rings (SSSR count). The number of ether oxygens (including phenoxy) is 3. The van der Waals surface area contributed by atoms with Gasteiger partial charge in [-0.05, 0) is 25.7 Å². The molecule has 1 N–H and O–H groups in total. The van der Waals surface area contributed by atoms with Crippen molar-refractivity contribution in [2.45, 2.75) is 42.8 Å². The summed E-state index contributed by atoms with van der Waals surface area (Å²) in [5, 5.41) is -4.55. The molecule has 22 heavy (non-hydrogen) atoms. The predicted molar refractivity (Wildman–Crippen MR) is 66.5 cm³/mol. The zero-order valence-electron chi connectivity index (χ0n) is 11.5. The highest BCUT2D eigenvalue weighted by molar-refractivity contribution is 7.86. The fraction of sp³-hybridized carbons (Fsp3) is 0.917. The van der Waals surface area contributed by atoms with E-state index in [4.69, 9.17) is 14.0 Å². The first-order valence-electron chi connectivity index (χ1n) is 6.99. The van der Waals surface area contributed by atoms with Gasteiger partial charge in [0.2, 0.25) is 0 Å². The maximum Gasteiger partial charge on any atom is 0.402 e. The normalized spacial score (nSPS) is 28.6. The average molecular weight is 342 g/mol. The van der Waals surface area contributed by atoms with Crippen LogP contribution in [0.15, 0.2) is 0 Å². The summed E-state index contributed by atoms with van der Waals surface area (Å²) >= 11 is 0. The van der Waals surface area contributed by atoms with Crippen molar-refractivity contribution in [3.05, 3.63) is 0 Å². The van der Waals surface area contributed by atoms with Crippen molar-refractivity contribution >= 4 is 16.1 Å². The Balaban J connectivity index is 1.58. The Morgan fingerprint density at radius 3 is 2.27 bits per heavy atom. The molecule has 7 nitrogen and oxygen atoms in total. The van der Waals surface area contributed by atoms with Crippen LogP contribution in [0.2, 0.25) is 0 Å². The summed E-state index contributed by atoms with van der Waals surface area (Å²) in [5.41, 5.74) is 0. The summed E-state index contributed by atoms with van der Waals surface area (Å²) in [5.74, 6) is -1.53. The van der Waals surface area contributed by atoms with Crippen molar-refractivity contribution in [3.8, 4) is 0 Å². The molecule has 0 aromatic rings. The highest BCUT2D eigenvalue weighted by atomic mass is 32.2. The molecule has 1 aliphatic heterocycles. The third kappa shape index (κ3) is 2.84. The van der Waals surface area contributed by atoms with Crippen molar-refractivity contribution in [2.75, 3.05) is 13.2 Å². The number of rotatable bonds is 6. The predicted octanol–water partition coefficient (Wildman–Crippen LogP) is 0.942. The van der Waals surface area contributed by atoms with E-state index in [1.807, 2.05) is 0 Å². The number of esters is 1. The van der Waals surface area contributed by atoms with Crippen LogP contribution in [0, 0.1) is 11.8 Å². The lowest BCUT2D eigenvalue weighted by atomic mass is 10.1. The average Bonchev–Trinajstić information content (AvgIpc) is 3.33. The molecule has 0 amide bonds. The van der Waals surface area contributed by atoms with Gasteiger partial charge in [0.1, 0.15) is 0 Å². The molecule has 0 spiro atoms. The molecule has 2 aliphatic carbocycles. The Bertz CT molecular complexity index is 556. The summed E-state index contributed by atoms with van der Waals surface area (Å²) in [4.78, 5) is 11.8. The van der Waals surface area contributed by atoms with E-state index in [2.05, 4.69) is 4.74 Å². The van der Waals surface area contributed by atoms with Crippen LogP contribution in [0.5, 0.6) is 0 Å². The second-order valence-corrected chi connectivity index (χ2v) is 7.45. The first kappa shape index (κ1) is 16.0. The van der Waals surface area contributed by atoms with Crippen molar-refractivity contribution in [1.82, 2.24) is 0 Å². The Morgan fingerprint density at radius 2 is 1.82 bits per heavy atom. The van der Waals surface area contributed by atoms with Gasteiger partial charge in [0.15, 0.2) is 18.5 Å². The summed E-state index contributed by atoms with van der Waals surface area (Å²) in [6.45, 7) is -1.87. The fourth-order valence-electron chi connectivity index (χ4n) is 2.67. The molecule has 10 heteroatoms. The zero-order chi connectivity index (χ0) is 16.2. The van der Waals surface area contributed by atoms with Gasteiger partial charge in [-0.15, -0.1) is 0 Å². The molecule has 0 radical (unpaired) electrons. The highest BCUT2D eigenvalue weighted by Gasteiger charge is 2.61. The molecular weight excluding hydrogens is 326 g/mol. The Labute approximate surface area is 125 Å². The molecule has 126 valence electrons. The molecule has 0 aromatic heterocycles. The molecule has 1 heterocycles. The zero-order valence-corrected chi connectivity index (χ0v) is 12.4. The number of carbonyl (C=O) groups excluding carboxylic acids is 1. The topological polar surface area (TPSA) is 99.1 Å². The molecule has 3 fully saturated rings. The number of hydrogen-bond acceptors (Lipinski definition) is 6. The first-order chi connectivity index (χ1) is 10.2. The standard InChI is InChI=1S/C12H16F2O7S/c13-11(14,22(16,17)18)6-19-10(15)9-5-20-12(21-9,7-1-2-7)8-3-4-8/h7-9H,1-6H2,(H,16,17,18). The number of carbonyl (C=O) groups is 1. The molecule has 1 atom stereocenters. The van der Waals surface area contributed by atoms with Gasteiger partial charge in [0.25, 0.3) is 0 Å². The fourth-order valence-corrected chi connectivity index (χ4v) is 2.88. The van der Waals surface area contributed by atoms with E-state index in [-0.39, 0.29) is 18.4 Å². The molecule has 3 aliphatic rings. The lowest BCUT2D eigenvalue weighted by molar-refractivity contribution is -0.206. The smallest absolute Gasteiger partial charge is 0.402 e. The monoisotopic (exact) mass is 342 g/mol. The minimum atomic E-state index is -5.63. The van der Waals surface area contributed by atoms with Gasteiger partial charge in [0.05, 0.1) is 6.61 Å². The molecular formula is C12H16F2O7S. The van der Waals surface area contributed by atoms with Crippen LogP contribution in [-0.2, 0) is 29.1 Å². The third-order valence-electron chi connectivity index (χ3n) is 4.10. The summed E-state index contributed by atoms with van der Waals surface area (Å²) in [6.07, 6.45) is 2.56. The third-order valence-corrected chi connectivity index (χ3v) is 4.97. The molecule has 1 saturated heterocycles. The Morgan fingerprint density at radius 1 is 1.27 bits per heavy atom. The first-order valence-corrected chi connectivity index (χ1v) is 8.43.